The Labute approximate surface area is 159 Å². The number of aromatic nitrogens is 2. The van der Waals surface area contributed by atoms with Gasteiger partial charge in [0, 0.05) is 26.2 Å². The number of halogens is 1. The number of thiophene rings is 1. The molecule has 0 aliphatic heterocycles. The molecule has 0 spiro atoms. The molecule has 0 saturated heterocycles. The Morgan fingerprint density at radius 3 is 2.35 bits per heavy atom. The predicted octanol–water partition coefficient (Wildman–Crippen LogP) is 6.83. The normalized spacial score (nSPS) is 11.3. The first-order chi connectivity index (χ1) is 12.8. The Morgan fingerprint density at radius 2 is 1.50 bits per heavy atom. The lowest BCUT2D eigenvalue weighted by atomic mass is 10.1. The molecular formula is C22H13ClN2S. The second kappa shape index (κ2) is 6.20. The molecule has 26 heavy (non-hydrogen) atoms. The molecule has 5 aromatic rings. The first-order valence-electron chi connectivity index (χ1n) is 8.30. The minimum Gasteiger partial charge on any atom is -0.226 e. The van der Waals surface area contributed by atoms with Crippen LogP contribution in [0, 0.1) is 0 Å². The highest BCUT2D eigenvalue weighted by atomic mass is 35.5. The van der Waals surface area contributed by atoms with Gasteiger partial charge in [-0.15, -0.1) is 11.3 Å². The van der Waals surface area contributed by atoms with Crippen LogP contribution in [0.1, 0.15) is 0 Å². The van der Waals surface area contributed by atoms with Crippen LogP contribution in [0.2, 0.25) is 5.02 Å². The van der Waals surface area contributed by atoms with Gasteiger partial charge in [-0.3, -0.25) is 0 Å². The fraction of sp³-hybridized carbons (Fsp3) is 0. The van der Waals surface area contributed by atoms with Gasteiger partial charge < -0.3 is 0 Å². The van der Waals surface area contributed by atoms with Crippen molar-refractivity contribution < 1.29 is 0 Å². The van der Waals surface area contributed by atoms with Crippen molar-refractivity contribution in [1.29, 1.82) is 0 Å². The first kappa shape index (κ1) is 15.5. The van der Waals surface area contributed by atoms with E-state index in [0.717, 1.165) is 38.2 Å². The monoisotopic (exact) mass is 372 g/mol. The van der Waals surface area contributed by atoms with E-state index in [4.69, 9.17) is 21.6 Å². The Balaban J connectivity index is 1.90. The van der Waals surface area contributed by atoms with E-state index < -0.39 is 0 Å². The summed E-state index contributed by atoms with van der Waals surface area (Å²) in [5.41, 5.74) is 3.94. The van der Waals surface area contributed by atoms with Crippen molar-refractivity contribution in [3.63, 3.8) is 0 Å². The van der Waals surface area contributed by atoms with Gasteiger partial charge in [-0.25, -0.2) is 9.97 Å². The molecule has 0 amide bonds. The van der Waals surface area contributed by atoms with Gasteiger partial charge in [0.15, 0.2) is 5.82 Å². The van der Waals surface area contributed by atoms with Gasteiger partial charge in [0.05, 0.1) is 15.9 Å². The maximum Gasteiger partial charge on any atom is 0.160 e. The molecule has 5 rings (SSSR count). The van der Waals surface area contributed by atoms with Crippen molar-refractivity contribution in [2.24, 2.45) is 0 Å². The van der Waals surface area contributed by atoms with Gasteiger partial charge in [0.1, 0.15) is 0 Å². The summed E-state index contributed by atoms with van der Waals surface area (Å²) < 4.78 is 2.30. The third-order valence-corrected chi connectivity index (χ3v) is 5.75. The van der Waals surface area contributed by atoms with Crippen LogP contribution in [0.5, 0.6) is 0 Å². The number of nitrogens with zero attached hydrogens (tertiary/aromatic N) is 2. The molecule has 0 bridgehead atoms. The minimum absolute atomic E-state index is 0.705. The number of hydrogen-bond acceptors (Lipinski definition) is 3. The fourth-order valence-electron chi connectivity index (χ4n) is 3.14. The van der Waals surface area contributed by atoms with E-state index >= 15 is 0 Å². The third-order valence-electron chi connectivity index (χ3n) is 4.35. The Kier molecular flexibility index (Phi) is 3.70. The highest BCUT2D eigenvalue weighted by Gasteiger charge is 2.16. The maximum absolute atomic E-state index is 6.24. The van der Waals surface area contributed by atoms with Crippen LogP contribution in [0.4, 0.5) is 0 Å². The summed E-state index contributed by atoms with van der Waals surface area (Å²) in [5, 5.41) is 1.87. The number of fused-ring (bicyclic) bond motifs is 3. The Hall–Kier alpha value is -2.75. The molecule has 0 aliphatic rings. The average Bonchev–Trinajstić information content (AvgIpc) is 3.06. The fourth-order valence-corrected chi connectivity index (χ4v) is 4.48. The Bertz CT molecular complexity index is 1250. The molecular weight excluding hydrogens is 360 g/mol. The summed E-state index contributed by atoms with van der Waals surface area (Å²) >= 11 is 7.97. The van der Waals surface area contributed by atoms with E-state index in [1.165, 1.54) is 4.70 Å². The maximum atomic E-state index is 6.24. The minimum atomic E-state index is 0.705. The van der Waals surface area contributed by atoms with Crippen molar-refractivity contribution in [3.05, 3.63) is 83.9 Å². The zero-order valence-electron chi connectivity index (χ0n) is 13.7. The van der Waals surface area contributed by atoms with E-state index in [0.29, 0.717) is 5.02 Å². The average molecular weight is 373 g/mol. The first-order valence-corrected chi connectivity index (χ1v) is 9.50. The zero-order chi connectivity index (χ0) is 17.5. The summed E-state index contributed by atoms with van der Waals surface area (Å²) in [4.78, 5) is 9.83. The van der Waals surface area contributed by atoms with Crippen molar-refractivity contribution in [2.75, 3.05) is 0 Å². The van der Waals surface area contributed by atoms with Gasteiger partial charge in [-0.2, -0.15) is 0 Å². The number of hydrogen-bond donors (Lipinski definition) is 0. The number of benzene rings is 3. The Morgan fingerprint density at radius 1 is 0.731 bits per heavy atom. The lowest BCUT2D eigenvalue weighted by Gasteiger charge is -2.07. The molecule has 0 fully saturated rings. The molecule has 3 aromatic carbocycles. The van der Waals surface area contributed by atoms with Crippen LogP contribution in [-0.4, -0.2) is 9.97 Å². The van der Waals surface area contributed by atoms with Gasteiger partial charge in [0.25, 0.3) is 0 Å². The van der Waals surface area contributed by atoms with Crippen LogP contribution in [0.15, 0.2) is 78.9 Å². The molecule has 0 radical (unpaired) electrons. The van der Waals surface area contributed by atoms with Crippen molar-refractivity contribution in [1.82, 2.24) is 9.97 Å². The smallest absolute Gasteiger partial charge is 0.160 e. The summed E-state index contributed by atoms with van der Waals surface area (Å²) in [5.74, 6) is 0.733. The second-order valence-corrected chi connectivity index (χ2v) is 7.54. The van der Waals surface area contributed by atoms with E-state index in [-0.39, 0.29) is 0 Å². The third kappa shape index (κ3) is 2.57. The summed E-state index contributed by atoms with van der Waals surface area (Å²) in [6.07, 6.45) is 0. The van der Waals surface area contributed by atoms with Crippen LogP contribution >= 0.6 is 22.9 Å². The molecule has 0 aliphatic carbocycles. The van der Waals surface area contributed by atoms with Crippen LogP contribution in [0.3, 0.4) is 0 Å². The zero-order valence-corrected chi connectivity index (χ0v) is 15.3. The highest BCUT2D eigenvalue weighted by molar-refractivity contribution is 7.26. The van der Waals surface area contributed by atoms with Gasteiger partial charge >= 0.3 is 0 Å². The molecule has 4 heteroatoms. The van der Waals surface area contributed by atoms with Gasteiger partial charge in [-0.1, -0.05) is 72.3 Å². The molecule has 124 valence electrons. The molecule has 2 heterocycles. The topological polar surface area (TPSA) is 25.8 Å². The van der Waals surface area contributed by atoms with Crippen LogP contribution < -0.4 is 0 Å². The summed E-state index contributed by atoms with van der Waals surface area (Å²) in [7, 11) is 0. The quantitative estimate of drug-likeness (QED) is 0.339. The summed E-state index contributed by atoms with van der Waals surface area (Å²) in [6, 6.07) is 26.3. The van der Waals surface area contributed by atoms with Gasteiger partial charge in [-0.05, 0) is 18.2 Å². The van der Waals surface area contributed by atoms with Crippen molar-refractivity contribution >= 4 is 43.2 Å². The molecule has 2 aromatic heterocycles. The van der Waals surface area contributed by atoms with Crippen LogP contribution in [-0.2, 0) is 0 Å². The van der Waals surface area contributed by atoms with Crippen molar-refractivity contribution in [2.45, 2.75) is 0 Å². The van der Waals surface area contributed by atoms with E-state index in [1.54, 1.807) is 11.3 Å². The SMILES string of the molecule is Clc1cccc(-c2nc(-c3ccccc3)nc3c2sc2ccccc23)c1. The van der Waals surface area contributed by atoms with Crippen molar-refractivity contribution in [3.8, 4) is 22.6 Å². The molecule has 0 unspecified atom stereocenters. The molecule has 0 atom stereocenters. The number of rotatable bonds is 2. The predicted molar refractivity (Wildman–Crippen MR) is 111 cm³/mol. The largest absolute Gasteiger partial charge is 0.226 e. The van der Waals surface area contributed by atoms with Crippen LogP contribution in [0.25, 0.3) is 42.9 Å². The van der Waals surface area contributed by atoms with Gasteiger partial charge in [0.2, 0.25) is 0 Å². The highest BCUT2D eigenvalue weighted by Crippen LogP contribution is 2.39. The lowest BCUT2D eigenvalue weighted by Crippen LogP contribution is -1.93. The second-order valence-electron chi connectivity index (χ2n) is 6.05. The molecule has 0 N–H and O–H groups in total. The summed E-state index contributed by atoms with van der Waals surface area (Å²) in [6.45, 7) is 0. The van der Waals surface area contributed by atoms with E-state index in [9.17, 15) is 0 Å². The lowest BCUT2D eigenvalue weighted by molar-refractivity contribution is 1.24. The van der Waals surface area contributed by atoms with E-state index in [1.807, 2.05) is 54.6 Å². The standard InChI is InChI=1S/C22H13ClN2S/c23-16-10-6-9-15(13-16)19-21-20(17-11-4-5-12-18(17)26-21)25-22(24-19)14-7-2-1-3-8-14/h1-13H. The van der Waals surface area contributed by atoms with E-state index in [2.05, 4.69) is 24.3 Å². The molecule has 2 nitrogen and oxygen atoms in total. The molecule has 0 saturated carbocycles.